The van der Waals surface area contributed by atoms with Crippen molar-refractivity contribution in [1.29, 1.82) is 0 Å². The Hall–Kier alpha value is -2.36. The van der Waals surface area contributed by atoms with Gasteiger partial charge in [-0.2, -0.15) is 0 Å². The van der Waals surface area contributed by atoms with E-state index in [2.05, 4.69) is 19.9 Å². The van der Waals surface area contributed by atoms with Crippen LogP contribution in [0.3, 0.4) is 0 Å². The van der Waals surface area contributed by atoms with Crippen molar-refractivity contribution in [2.45, 2.75) is 0 Å². The Morgan fingerprint density at radius 3 is 2.75 bits per heavy atom. The number of fused-ring (bicyclic) bond motifs is 1. The summed E-state index contributed by atoms with van der Waals surface area (Å²) in [6.07, 6.45) is 5.00. The minimum Gasteiger partial charge on any atom is -0.255 e. The van der Waals surface area contributed by atoms with Gasteiger partial charge in [0.05, 0.1) is 11.4 Å². The van der Waals surface area contributed by atoms with Crippen molar-refractivity contribution in [3.63, 3.8) is 0 Å². The van der Waals surface area contributed by atoms with Crippen molar-refractivity contribution in [2.75, 3.05) is 0 Å². The second kappa shape index (κ2) is 3.66. The molecule has 3 rings (SSSR count). The zero-order chi connectivity index (χ0) is 10.8. The van der Waals surface area contributed by atoms with Gasteiger partial charge < -0.3 is 0 Å². The molecule has 0 atom stereocenters. The molecule has 0 radical (unpaired) electrons. The van der Waals surface area contributed by atoms with Crippen molar-refractivity contribution in [2.24, 2.45) is 0 Å². The lowest BCUT2D eigenvalue weighted by molar-refractivity contribution is 1.17. The van der Waals surface area contributed by atoms with E-state index < -0.39 is 0 Å². The summed E-state index contributed by atoms with van der Waals surface area (Å²) in [5.41, 5.74) is 2.37. The van der Waals surface area contributed by atoms with Gasteiger partial charge in [0.2, 0.25) is 0 Å². The fourth-order valence-corrected chi connectivity index (χ4v) is 1.52. The van der Waals surface area contributed by atoms with Crippen LogP contribution in [0.5, 0.6) is 0 Å². The summed E-state index contributed by atoms with van der Waals surface area (Å²) in [6.45, 7) is 0. The highest BCUT2D eigenvalue weighted by atomic mass is 14.9. The maximum Gasteiger partial charge on any atom is 0.163 e. The average Bonchev–Trinajstić information content (AvgIpc) is 2.39. The maximum absolute atomic E-state index is 4.43. The summed E-state index contributed by atoms with van der Waals surface area (Å²) in [7, 11) is 0. The van der Waals surface area contributed by atoms with Gasteiger partial charge in [0.1, 0.15) is 6.33 Å². The number of hydrogen-bond donors (Lipinski definition) is 0. The second-order valence-corrected chi connectivity index (χ2v) is 3.35. The molecule has 0 bridgehead atoms. The molecule has 0 aliphatic heterocycles. The van der Waals surface area contributed by atoms with Crippen LogP contribution in [0.4, 0.5) is 0 Å². The van der Waals surface area contributed by atoms with Gasteiger partial charge >= 0.3 is 0 Å². The van der Waals surface area contributed by atoms with Crippen molar-refractivity contribution >= 4 is 11.0 Å². The Balaban J connectivity index is 2.19. The van der Waals surface area contributed by atoms with Gasteiger partial charge in [0.25, 0.3) is 0 Å². The summed E-state index contributed by atoms with van der Waals surface area (Å²) in [4.78, 5) is 16.7. The number of nitrogens with zero attached hydrogens (tertiary/aromatic N) is 4. The molecule has 0 aliphatic rings. The molecule has 4 nitrogen and oxygen atoms in total. The van der Waals surface area contributed by atoms with Gasteiger partial charge in [0, 0.05) is 17.8 Å². The van der Waals surface area contributed by atoms with Crippen LogP contribution in [-0.2, 0) is 0 Å². The third kappa shape index (κ3) is 1.50. The van der Waals surface area contributed by atoms with Gasteiger partial charge in [-0.25, -0.2) is 15.0 Å². The maximum atomic E-state index is 4.43. The molecule has 16 heavy (non-hydrogen) atoms. The summed E-state index contributed by atoms with van der Waals surface area (Å²) in [5, 5.41) is 0.933. The third-order valence-corrected chi connectivity index (χ3v) is 2.29. The molecule has 0 saturated carbocycles. The number of aromatic nitrogens is 4. The van der Waals surface area contributed by atoms with E-state index in [9.17, 15) is 0 Å². The van der Waals surface area contributed by atoms with Gasteiger partial charge in [0.15, 0.2) is 5.65 Å². The predicted octanol–water partition coefficient (Wildman–Crippen LogP) is 2.09. The van der Waals surface area contributed by atoms with Crippen LogP contribution in [0.25, 0.3) is 22.4 Å². The Morgan fingerprint density at radius 2 is 1.88 bits per heavy atom. The van der Waals surface area contributed by atoms with Crippen LogP contribution in [0, 0.1) is 0 Å². The Morgan fingerprint density at radius 1 is 0.875 bits per heavy atom. The molecular weight excluding hydrogens is 200 g/mol. The van der Waals surface area contributed by atoms with E-state index in [-0.39, 0.29) is 0 Å². The van der Waals surface area contributed by atoms with Crippen molar-refractivity contribution in [3.05, 3.63) is 49.1 Å². The number of pyridine rings is 2. The fourth-order valence-electron chi connectivity index (χ4n) is 1.52. The van der Waals surface area contributed by atoms with Crippen LogP contribution in [0.2, 0.25) is 0 Å². The van der Waals surface area contributed by atoms with E-state index in [1.54, 1.807) is 12.4 Å². The van der Waals surface area contributed by atoms with E-state index >= 15 is 0 Å². The molecule has 0 aliphatic carbocycles. The average molecular weight is 208 g/mol. The Labute approximate surface area is 92.0 Å². The smallest absolute Gasteiger partial charge is 0.163 e. The van der Waals surface area contributed by atoms with Crippen molar-refractivity contribution in [3.8, 4) is 11.4 Å². The zero-order valence-corrected chi connectivity index (χ0v) is 8.41. The first-order valence-electron chi connectivity index (χ1n) is 4.92. The highest BCUT2D eigenvalue weighted by Crippen LogP contribution is 2.16. The van der Waals surface area contributed by atoms with Gasteiger partial charge in [-0.15, -0.1) is 0 Å². The molecule has 3 aromatic heterocycles. The zero-order valence-electron chi connectivity index (χ0n) is 8.41. The lowest BCUT2D eigenvalue weighted by Gasteiger charge is -2.00. The Kier molecular flexibility index (Phi) is 2.04. The van der Waals surface area contributed by atoms with Gasteiger partial charge in [-0.3, -0.25) is 4.98 Å². The van der Waals surface area contributed by atoms with Gasteiger partial charge in [-0.05, 0) is 24.3 Å². The summed E-state index contributed by atoms with van der Waals surface area (Å²) in [6, 6.07) is 9.62. The van der Waals surface area contributed by atoms with E-state index in [0.717, 1.165) is 16.8 Å². The third-order valence-electron chi connectivity index (χ3n) is 2.29. The molecule has 3 aromatic rings. The molecule has 0 unspecified atom stereocenters. The molecule has 4 heteroatoms. The van der Waals surface area contributed by atoms with Crippen LogP contribution in [0.1, 0.15) is 0 Å². The minimum atomic E-state index is 0.693. The van der Waals surface area contributed by atoms with E-state index in [1.807, 2.05) is 30.3 Å². The van der Waals surface area contributed by atoms with Crippen LogP contribution in [-0.4, -0.2) is 19.9 Å². The largest absolute Gasteiger partial charge is 0.255 e. The summed E-state index contributed by atoms with van der Waals surface area (Å²) >= 11 is 0. The minimum absolute atomic E-state index is 0.693. The van der Waals surface area contributed by atoms with E-state index in [0.29, 0.717) is 5.65 Å². The first kappa shape index (κ1) is 8.91. The first-order chi connectivity index (χ1) is 7.93. The molecule has 0 saturated heterocycles. The summed E-state index contributed by atoms with van der Waals surface area (Å²) < 4.78 is 0. The topological polar surface area (TPSA) is 51.6 Å². The molecule has 76 valence electrons. The lowest BCUT2D eigenvalue weighted by Crippen LogP contribution is -1.90. The fraction of sp³-hybridized carbons (Fsp3) is 0. The van der Waals surface area contributed by atoms with Crippen LogP contribution >= 0.6 is 0 Å². The van der Waals surface area contributed by atoms with Crippen molar-refractivity contribution < 1.29 is 0 Å². The monoisotopic (exact) mass is 208 g/mol. The lowest BCUT2D eigenvalue weighted by atomic mass is 10.2. The quantitative estimate of drug-likeness (QED) is 0.614. The molecular formula is C12H8N4. The van der Waals surface area contributed by atoms with Gasteiger partial charge in [-0.1, -0.05) is 6.07 Å². The highest BCUT2D eigenvalue weighted by molar-refractivity contribution is 5.76. The number of hydrogen-bond acceptors (Lipinski definition) is 4. The van der Waals surface area contributed by atoms with E-state index in [1.165, 1.54) is 6.33 Å². The molecule has 0 N–H and O–H groups in total. The normalized spacial score (nSPS) is 10.5. The molecule has 0 spiro atoms. The van der Waals surface area contributed by atoms with Crippen LogP contribution < -0.4 is 0 Å². The van der Waals surface area contributed by atoms with E-state index in [4.69, 9.17) is 0 Å². The van der Waals surface area contributed by atoms with Crippen molar-refractivity contribution in [1.82, 2.24) is 19.9 Å². The standard InChI is InChI=1S/C12H8N4/c1-2-6-14-10(3-1)11-5-4-9-7-13-8-15-12(9)16-11/h1-8H. The molecule has 0 amide bonds. The summed E-state index contributed by atoms with van der Waals surface area (Å²) in [5.74, 6) is 0. The molecule has 3 heterocycles. The molecule has 0 fully saturated rings. The van der Waals surface area contributed by atoms with Crippen LogP contribution in [0.15, 0.2) is 49.1 Å². The second-order valence-electron chi connectivity index (χ2n) is 3.35. The predicted molar refractivity (Wildman–Crippen MR) is 60.6 cm³/mol. The SMILES string of the molecule is c1ccc(-c2ccc3cncnc3n2)nc1. The Bertz CT molecular complexity index is 622. The molecule has 0 aromatic carbocycles. The number of rotatable bonds is 1. The highest BCUT2D eigenvalue weighted by Gasteiger charge is 2.02. The first-order valence-corrected chi connectivity index (χ1v) is 4.92.